The molecule has 0 radical (unpaired) electrons. The Kier molecular flexibility index (Phi) is 4.96. The van der Waals surface area contributed by atoms with Crippen LogP contribution >= 0.6 is 67.8 Å². The Morgan fingerprint density at radius 2 is 1.60 bits per heavy atom. The van der Waals surface area contributed by atoms with Crippen LogP contribution in [-0.2, 0) is 0 Å². The van der Waals surface area contributed by atoms with Gasteiger partial charge in [-0.3, -0.25) is 0 Å². The maximum atomic E-state index is 9.01. The van der Waals surface area contributed by atoms with E-state index in [1.165, 1.54) is 0 Å². The Morgan fingerprint density at radius 1 is 1.20 bits per heavy atom. The first-order chi connectivity index (χ1) is 4.41. The summed E-state index contributed by atoms with van der Waals surface area (Å²) in [5, 5.41) is 25.9. The van der Waals surface area contributed by atoms with Gasteiger partial charge < -0.3 is 15.3 Å². The standard InChI is InChI=1S/C4H5I3O3/c5-1-4(6,7)2(8)3(9)10/h8-10H,1H2. The van der Waals surface area contributed by atoms with E-state index in [1.807, 2.05) is 67.8 Å². The van der Waals surface area contributed by atoms with Crippen LogP contribution in [-0.4, -0.2) is 21.2 Å². The summed E-state index contributed by atoms with van der Waals surface area (Å²) in [5.41, 5.74) is 0. The molecule has 0 aromatic heterocycles. The lowest BCUT2D eigenvalue weighted by Gasteiger charge is -2.15. The van der Waals surface area contributed by atoms with Gasteiger partial charge in [-0.15, -0.1) is 0 Å². The lowest BCUT2D eigenvalue weighted by molar-refractivity contribution is 0.156. The van der Waals surface area contributed by atoms with Gasteiger partial charge in [-0.25, -0.2) is 0 Å². The Hall–Kier alpha value is 1.33. The van der Waals surface area contributed by atoms with Gasteiger partial charge in [0, 0.05) is 4.43 Å². The van der Waals surface area contributed by atoms with E-state index in [0.717, 1.165) is 0 Å². The minimum Gasteiger partial charge on any atom is -0.504 e. The molecule has 0 spiro atoms. The highest BCUT2D eigenvalue weighted by Gasteiger charge is 2.30. The maximum absolute atomic E-state index is 9.01. The summed E-state index contributed by atoms with van der Waals surface area (Å²) in [6, 6.07) is 0. The summed E-state index contributed by atoms with van der Waals surface area (Å²) in [5.74, 6) is -1.39. The van der Waals surface area contributed by atoms with Crippen molar-refractivity contribution >= 4 is 67.8 Å². The van der Waals surface area contributed by atoms with E-state index in [9.17, 15) is 0 Å². The Labute approximate surface area is 99.3 Å². The van der Waals surface area contributed by atoms with Crippen molar-refractivity contribution in [3.8, 4) is 0 Å². The highest BCUT2D eigenvalue weighted by atomic mass is 127. The summed E-state index contributed by atoms with van der Waals surface area (Å²) >= 11 is 5.91. The number of allylic oxidation sites excluding steroid dienone is 1. The molecular weight excluding hydrogens is 477 g/mol. The van der Waals surface area contributed by atoms with Crippen LogP contribution in [0.2, 0.25) is 0 Å². The first kappa shape index (κ1) is 11.3. The third kappa shape index (κ3) is 3.15. The molecule has 0 heterocycles. The molecule has 6 heteroatoms. The molecule has 0 aromatic rings. The van der Waals surface area contributed by atoms with Crippen molar-refractivity contribution in [1.29, 1.82) is 0 Å². The molecule has 0 saturated heterocycles. The fourth-order valence-corrected chi connectivity index (χ4v) is 1.07. The molecule has 3 N–H and O–H groups in total. The molecule has 0 aliphatic heterocycles. The highest BCUT2D eigenvalue weighted by Crippen LogP contribution is 2.36. The second-order valence-corrected chi connectivity index (χ2v) is 8.02. The summed E-state index contributed by atoms with van der Waals surface area (Å²) < 4.78 is -0.0166. The Morgan fingerprint density at radius 3 is 1.70 bits per heavy atom. The number of alkyl halides is 3. The highest BCUT2D eigenvalue weighted by molar-refractivity contribution is 14.2. The summed E-state index contributed by atoms with van der Waals surface area (Å²) in [4.78, 5) is 0. The van der Waals surface area contributed by atoms with Gasteiger partial charge >= 0.3 is 5.95 Å². The number of aliphatic hydroxyl groups excluding tert-OH is 2. The van der Waals surface area contributed by atoms with Crippen LogP contribution in [0.25, 0.3) is 0 Å². The zero-order valence-corrected chi connectivity index (χ0v) is 11.2. The zero-order chi connectivity index (χ0) is 8.36. The molecule has 0 aliphatic carbocycles. The van der Waals surface area contributed by atoms with Gasteiger partial charge in [0.15, 0.2) is 5.76 Å². The van der Waals surface area contributed by atoms with Gasteiger partial charge in [0.2, 0.25) is 0 Å². The summed E-state index contributed by atoms with van der Waals surface area (Å²) in [6.07, 6.45) is 0. The van der Waals surface area contributed by atoms with Crippen LogP contribution in [0.4, 0.5) is 0 Å². The molecule has 0 unspecified atom stereocenters. The smallest absolute Gasteiger partial charge is 0.316 e. The third-order valence-electron chi connectivity index (χ3n) is 0.726. The molecule has 0 bridgehead atoms. The van der Waals surface area contributed by atoms with Gasteiger partial charge in [0.25, 0.3) is 0 Å². The second kappa shape index (κ2) is 4.38. The quantitative estimate of drug-likeness (QED) is 0.323. The van der Waals surface area contributed by atoms with Crippen molar-refractivity contribution in [2.75, 3.05) is 4.43 Å². The Bertz CT molecular complexity index is 150. The molecule has 0 amide bonds. The molecule has 60 valence electrons. The summed E-state index contributed by atoms with van der Waals surface area (Å²) in [6.45, 7) is 0. The van der Waals surface area contributed by atoms with E-state index in [1.54, 1.807) is 0 Å². The largest absolute Gasteiger partial charge is 0.504 e. The molecule has 0 atom stereocenters. The summed E-state index contributed by atoms with van der Waals surface area (Å²) in [7, 11) is 0. The number of hydrogen-bond acceptors (Lipinski definition) is 3. The number of halogens is 3. The number of rotatable bonds is 2. The predicted octanol–water partition coefficient (Wildman–Crippen LogP) is 2.83. The van der Waals surface area contributed by atoms with Gasteiger partial charge in [-0.1, -0.05) is 67.8 Å². The van der Waals surface area contributed by atoms with E-state index in [4.69, 9.17) is 15.3 Å². The molecule has 0 aliphatic rings. The van der Waals surface area contributed by atoms with E-state index in [0.29, 0.717) is 4.43 Å². The van der Waals surface area contributed by atoms with Crippen molar-refractivity contribution in [1.82, 2.24) is 0 Å². The van der Waals surface area contributed by atoms with Crippen molar-refractivity contribution in [3.05, 3.63) is 11.7 Å². The van der Waals surface area contributed by atoms with E-state index < -0.39 is 7.37 Å². The number of hydrogen-bond donors (Lipinski definition) is 3. The molecule has 0 fully saturated rings. The fourth-order valence-electron chi connectivity index (χ4n) is 0.227. The van der Waals surface area contributed by atoms with Crippen LogP contribution in [0.5, 0.6) is 0 Å². The molecular formula is C4H5I3O3. The first-order valence-electron chi connectivity index (χ1n) is 2.17. The molecule has 10 heavy (non-hydrogen) atoms. The average molecular weight is 482 g/mol. The molecule has 3 nitrogen and oxygen atoms in total. The normalized spacial score (nSPS) is 11.1. The van der Waals surface area contributed by atoms with Crippen molar-refractivity contribution in [2.45, 2.75) is 1.43 Å². The zero-order valence-electron chi connectivity index (χ0n) is 4.68. The predicted molar refractivity (Wildman–Crippen MR) is 64.6 cm³/mol. The van der Waals surface area contributed by atoms with Gasteiger partial charge in [0.05, 0.1) is 0 Å². The Balaban J connectivity index is 4.49. The van der Waals surface area contributed by atoms with E-state index in [-0.39, 0.29) is 5.76 Å². The third-order valence-corrected chi connectivity index (χ3v) is 6.57. The van der Waals surface area contributed by atoms with Crippen LogP contribution < -0.4 is 0 Å². The monoisotopic (exact) mass is 482 g/mol. The minimum atomic E-state index is -1.000. The number of aliphatic hydroxyl groups is 3. The lowest BCUT2D eigenvalue weighted by atomic mass is 10.4. The van der Waals surface area contributed by atoms with Crippen LogP contribution in [0.15, 0.2) is 11.7 Å². The molecule has 0 aromatic carbocycles. The fraction of sp³-hybridized carbons (Fsp3) is 0.500. The minimum absolute atomic E-state index is 0.386. The first-order valence-corrected chi connectivity index (χ1v) is 5.85. The van der Waals surface area contributed by atoms with Crippen molar-refractivity contribution in [2.24, 2.45) is 0 Å². The van der Waals surface area contributed by atoms with Gasteiger partial charge in [-0.05, 0) is 0 Å². The molecule has 0 rings (SSSR count). The molecule has 0 saturated carbocycles. The maximum Gasteiger partial charge on any atom is 0.316 e. The van der Waals surface area contributed by atoms with Gasteiger partial charge in [-0.2, -0.15) is 0 Å². The van der Waals surface area contributed by atoms with Gasteiger partial charge in [0.1, 0.15) is 1.43 Å². The average Bonchev–Trinajstić information content (AvgIpc) is 1.86. The topological polar surface area (TPSA) is 60.7 Å². The van der Waals surface area contributed by atoms with Crippen molar-refractivity contribution in [3.63, 3.8) is 0 Å². The van der Waals surface area contributed by atoms with E-state index >= 15 is 0 Å². The van der Waals surface area contributed by atoms with Crippen LogP contribution in [0, 0.1) is 0 Å². The lowest BCUT2D eigenvalue weighted by Crippen LogP contribution is -2.17. The SMILES string of the molecule is OC(O)=C(O)C(I)(I)CI. The van der Waals surface area contributed by atoms with Crippen LogP contribution in [0.3, 0.4) is 0 Å². The van der Waals surface area contributed by atoms with Crippen molar-refractivity contribution < 1.29 is 15.3 Å². The van der Waals surface area contributed by atoms with E-state index in [2.05, 4.69) is 0 Å². The van der Waals surface area contributed by atoms with Crippen LogP contribution in [0.1, 0.15) is 0 Å². The second-order valence-electron chi connectivity index (χ2n) is 1.51.